The monoisotopic (exact) mass is 764 g/mol. The molecule has 2 saturated heterocycles. The van der Waals surface area contributed by atoms with Gasteiger partial charge in [0.15, 0.2) is 0 Å². The summed E-state index contributed by atoms with van der Waals surface area (Å²) in [6.07, 6.45) is 6.79. The SMILES string of the molecule is COc1cc(C2(C)CN(C)CC(C)=C2C)cc(OC)c1CN1CCN(Cc2cccc3c2CCN(C(=O)/C(C#N)=C/C2(C)CCOCC2)C3C(C)C)C2(CC2)C1. The van der Waals surface area contributed by atoms with E-state index in [0.29, 0.717) is 19.8 Å². The third-order valence-corrected chi connectivity index (χ3v) is 14.2. The van der Waals surface area contributed by atoms with E-state index in [9.17, 15) is 10.1 Å². The topological polar surface area (TPSA) is 81.5 Å². The third kappa shape index (κ3) is 7.67. The Labute approximate surface area is 336 Å². The van der Waals surface area contributed by atoms with Gasteiger partial charge in [-0.2, -0.15) is 5.26 Å². The molecule has 9 nitrogen and oxygen atoms in total. The molecular weight excluding hydrogens is 699 g/mol. The van der Waals surface area contributed by atoms with Gasteiger partial charge in [-0.3, -0.25) is 14.6 Å². The lowest BCUT2D eigenvalue weighted by Crippen LogP contribution is -2.54. The van der Waals surface area contributed by atoms with Crippen molar-refractivity contribution in [3.63, 3.8) is 0 Å². The highest BCUT2D eigenvalue weighted by Gasteiger charge is 2.51. The Kier molecular flexibility index (Phi) is 11.5. The highest BCUT2D eigenvalue weighted by Crippen LogP contribution is 2.48. The molecule has 302 valence electrons. The molecule has 2 aromatic rings. The molecule has 1 aliphatic carbocycles. The number of ether oxygens (including phenoxy) is 3. The Bertz CT molecular complexity index is 1890. The number of allylic oxidation sites excluding steroid dienone is 1. The van der Waals surface area contributed by atoms with Crippen molar-refractivity contribution < 1.29 is 19.0 Å². The number of carbonyl (C=O) groups excluding carboxylic acids is 1. The van der Waals surface area contributed by atoms with Gasteiger partial charge in [-0.1, -0.05) is 63.1 Å². The van der Waals surface area contributed by atoms with Gasteiger partial charge in [0.1, 0.15) is 23.1 Å². The zero-order valence-corrected chi connectivity index (χ0v) is 35.6. The Balaban J connectivity index is 1.08. The van der Waals surface area contributed by atoms with E-state index in [4.69, 9.17) is 14.2 Å². The minimum atomic E-state index is -0.195. The summed E-state index contributed by atoms with van der Waals surface area (Å²) >= 11 is 0. The van der Waals surface area contributed by atoms with Crippen molar-refractivity contribution in [2.24, 2.45) is 11.3 Å². The number of likely N-dealkylation sites (N-methyl/N-ethyl adjacent to an activating group) is 1. The van der Waals surface area contributed by atoms with Crippen LogP contribution in [0.2, 0.25) is 0 Å². The molecule has 5 aliphatic rings. The van der Waals surface area contributed by atoms with Crippen LogP contribution < -0.4 is 9.47 Å². The van der Waals surface area contributed by atoms with Gasteiger partial charge in [-0.25, -0.2) is 0 Å². The minimum absolute atomic E-state index is 0.0703. The Hall–Kier alpha value is -3.68. The van der Waals surface area contributed by atoms with E-state index in [2.05, 4.69) is 99.7 Å². The molecule has 3 fully saturated rings. The predicted molar refractivity (Wildman–Crippen MR) is 222 cm³/mol. The number of methoxy groups -OCH3 is 2. The van der Waals surface area contributed by atoms with Gasteiger partial charge in [0.05, 0.1) is 25.8 Å². The maximum absolute atomic E-state index is 14.1. The Morgan fingerprint density at radius 3 is 2.32 bits per heavy atom. The quantitative estimate of drug-likeness (QED) is 0.140. The van der Waals surface area contributed by atoms with Crippen LogP contribution in [0.25, 0.3) is 0 Å². The molecule has 4 aliphatic heterocycles. The maximum Gasteiger partial charge on any atom is 0.264 e. The number of rotatable bonds is 10. The minimum Gasteiger partial charge on any atom is -0.496 e. The number of nitriles is 1. The third-order valence-electron chi connectivity index (χ3n) is 14.2. The van der Waals surface area contributed by atoms with Gasteiger partial charge in [0.2, 0.25) is 0 Å². The van der Waals surface area contributed by atoms with E-state index >= 15 is 0 Å². The van der Waals surface area contributed by atoms with Gasteiger partial charge in [-0.05, 0) is 98.7 Å². The highest BCUT2D eigenvalue weighted by molar-refractivity contribution is 5.97. The molecule has 56 heavy (non-hydrogen) atoms. The van der Waals surface area contributed by atoms with E-state index in [1.165, 1.54) is 46.2 Å². The smallest absolute Gasteiger partial charge is 0.264 e. The van der Waals surface area contributed by atoms with Gasteiger partial charge in [0, 0.05) is 76.5 Å². The number of benzene rings is 2. The standard InChI is InChI=1S/C47H65N5O4/c1-32(2)43-39-12-10-11-35(38(39)13-18-52(43)44(53)36(26-48)25-45(5)16-21-56-22-17-45)28-51-20-19-50(31-47(51)14-15-47)29-40-41(54-8)23-37(24-42(40)55-9)46(6)30-49(7)27-33(3)34(46)4/h10-12,23-25,32,43H,13-22,27-31H2,1-9H3/b36-25+. The number of hydrogen-bond acceptors (Lipinski definition) is 8. The Morgan fingerprint density at radius 2 is 1.70 bits per heavy atom. The van der Waals surface area contributed by atoms with Crippen LogP contribution in [0.4, 0.5) is 0 Å². The molecule has 0 radical (unpaired) electrons. The number of hydrogen-bond donors (Lipinski definition) is 0. The molecule has 4 heterocycles. The second-order valence-corrected chi connectivity index (χ2v) is 18.5. The van der Waals surface area contributed by atoms with Gasteiger partial charge in [-0.15, -0.1) is 0 Å². The Morgan fingerprint density at radius 1 is 1.00 bits per heavy atom. The van der Waals surface area contributed by atoms with E-state index in [0.717, 1.165) is 82.1 Å². The summed E-state index contributed by atoms with van der Waals surface area (Å²) in [5.74, 6) is 1.89. The van der Waals surface area contributed by atoms with E-state index in [1.54, 1.807) is 14.2 Å². The molecule has 0 N–H and O–H groups in total. The highest BCUT2D eigenvalue weighted by atomic mass is 16.5. The van der Waals surface area contributed by atoms with Crippen LogP contribution in [0.1, 0.15) is 101 Å². The summed E-state index contributed by atoms with van der Waals surface area (Å²) < 4.78 is 17.8. The van der Waals surface area contributed by atoms with Gasteiger partial charge in [0.25, 0.3) is 5.91 Å². The molecule has 1 amide bonds. The number of piperazine rings is 1. The molecule has 9 heteroatoms. The van der Waals surface area contributed by atoms with Crippen molar-refractivity contribution in [2.75, 3.05) is 73.7 Å². The van der Waals surface area contributed by atoms with Crippen LogP contribution in [0.15, 0.2) is 53.1 Å². The van der Waals surface area contributed by atoms with E-state index in [-0.39, 0.29) is 39.8 Å². The van der Waals surface area contributed by atoms with Crippen molar-refractivity contribution in [3.05, 3.63) is 80.9 Å². The van der Waals surface area contributed by atoms with Gasteiger partial charge >= 0.3 is 0 Å². The molecule has 2 aromatic carbocycles. The first-order valence-electron chi connectivity index (χ1n) is 21.0. The fourth-order valence-corrected chi connectivity index (χ4v) is 10.5. The van der Waals surface area contributed by atoms with E-state index in [1.807, 2.05) is 11.0 Å². The summed E-state index contributed by atoms with van der Waals surface area (Å²) in [6, 6.07) is 13.5. The van der Waals surface area contributed by atoms with Crippen molar-refractivity contribution in [1.29, 1.82) is 5.26 Å². The summed E-state index contributed by atoms with van der Waals surface area (Å²) in [7, 11) is 5.78. The number of fused-ring (bicyclic) bond motifs is 1. The molecule has 0 aromatic heterocycles. The molecular formula is C47H65N5O4. The van der Waals surface area contributed by atoms with Crippen molar-refractivity contribution >= 4 is 5.91 Å². The summed E-state index contributed by atoms with van der Waals surface area (Å²) in [6.45, 7) is 22.0. The molecule has 0 bridgehead atoms. The van der Waals surface area contributed by atoms with Crippen LogP contribution in [0.3, 0.4) is 0 Å². The fraction of sp³-hybridized carbons (Fsp3) is 0.617. The predicted octanol–water partition coefficient (Wildman–Crippen LogP) is 7.44. The maximum atomic E-state index is 14.1. The van der Waals surface area contributed by atoms with Crippen molar-refractivity contribution in [2.45, 2.75) is 104 Å². The molecule has 1 spiro atoms. The van der Waals surface area contributed by atoms with Crippen LogP contribution >= 0.6 is 0 Å². The van der Waals surface area contributed by atoms with E-state index < -0.39 is 0 Å². The zero-order chi connectivity index (χ0) is 40.0. The average Bonchev–Trinajstić information content (AvgIpc) is 3.95. The number of nitrogens with zero attached hydrogens (tertiary/aromatic N) is 5. The first kappa shape index (κ1) is 40.5. The van der Waals surface area contributed by atoms with Crippen LogP contribution in [-0.2, 0) is 34.5 Å². The molecule has 7 rings (SSSR count). The second-order valence-electron chi connectivity index (χ2n) is 18.5. The lowest BCUT2D eigenvalue weighted by molar-refractivity contribution is -0.130. The first-order valence-corrected chi connectivity index (χ1v) is 21.0. The van der Waals surface area contributed by atoms with Crippen LogP contribution in [-0.4, -0.2) is 105 Å². The lowest BCUT2D eigenvalue weighted by atomic mass is 9.72. The fourth-order valence-electron chi connectivity index (χ4n) is 10.5. The molecule has 1 saturated carbocycles. The zero-order valence-electron chi connectivity index (χ0n) is 35.6. The summed E-state index contributed by atoms with van der Waals surface area (Å²) in [4.78, 5) is 23.9. The van der Waals surface area contributed by atoms with Crippen LogP contribution in [0.5, 0.6) is 11.5 Å². The average molecular weight is 764 g/mol. The number of carbonyl (C=O) groups is 1. The largest absolute Gasteiger partial charge is 0.496 e. The van der Waals surface area contributed by atoms with Crippen molar-refractivity contribution in [1.82, 2.24) is 19.6 Å². The normalized spacial score (nSPS) is 25.6. The first-order chi connectivity index (χ1) is 26.7. The summed E-state index contributed by atoms with van der Waals surface area (Å²) in [5, 5.41) is 10.2. The summed E-state index contributed by atoms with van der Waals surface area (Å²) in [5.41, 5.74) is 9.38. The second kappa shape index (κ2) is 15.9. The molecule has 2 unspecified atom stereocenters. The van der Waals surface area contributed by atoms with Crippen LogP contribution in [0, 0.1) is 22.7 Å². The van der Waals surface area contributed by atoms with Gasteiger partial charge < -0.3 is 24.0 Å². The molecule has 2 atom stereocenters. The number of amides is 1. The lowest BCUT2D eigenvalue weighted by Gasteiger charge is -2.44. The van der Waals surface area contributed by atoms with Crippen molar-refractivity contribution in [3.8, 4) is 17.6 Å².